The topological polar surface area (TPSA) is 34.1 Å². The molecule has 0 atom stereocenters. The summed E-state index contributed by atoms with van der Waals surface area (Å²) in [5.41, 5.74) is 1.06. The summed E-state index contributed by atoms with van der Waals surface area (Å²) in [4.78, 5) is 20.2. The van der Waals surface area contributed by atoms with Crippen molar-refractivity contribution in [2.75, 3.05) is 0 Å². The minimum atomic E-state index is 0. The van der Waals surface area contributed by atoms with Crippen LogP contribution in [0.2, 0.25) is 0 Å². The number of benzene rings is 2. The van der Waals surface area contributed by atoms with E-state index in [1.165, 1.54) is 16.6 Å². The first kappa shape index (κ1) is 24.7. The lowest BCUT2D eigenvalue weighted by Gasteiger charge is -1.88. The maximum absolute atomic E-state index is 10.5. The number of allylic oxidation sites excluding steroid dienone is 2. The van der Waals surface area contributed by atoms with Crippen molar-refractivity contribution < 1.29 is 9.59 Å². The molecule has 2 aromatic carbocycles. The minimum absolute atomic E-state index is 0. The van der Waals surface area contributed by atoms with Crippen LogP contribution in [0.1, 0.15) is 19.4 Å². The second-order valence-electron chi connectivity index (χ2n) is 4.47. The van der Waals surface area contributed by atoms with Crippen molar-refractivity contribution in [3.05, 3.63) is 88.5 Å². The zero-order chi connectivity index (χ0) is 17.5. The van der Waals surface area contributed by atoms with E-state index in [2.05, 4.69) is 41.3 Å². The van der Waals surface area contributed by atoms with Gasteiger partial charge in [-0.15, -0.1) is 17.0 Å². The van der Waals surface area contributed by atoms with Gasteiger partial charge in [0.2, 0.25) is 0 Å². The summed E-state index contributed by atoms with van der Waals surface area (Å²) in [6.45, 7) is 6.22. The summed E-state index contributed by atoms with van der Waals surface area (Å²) >= 11 is 2.28. The van der Waals surface area contributed by atoms with Crippen LogP contribution in [0.5, 0.6) is 0 Å². The molecular weight excluding hydrogens is 479 g/mol. The molecular formula is C20H22BrIO2. The molecule has 128 valence electrons. The van der Waals surface area contributed by atoms with E-state index in [9.17, 15) is 9.59 Å². The van der Waals surface area contributed by atoms with Gasteiger partial charge in [-0.1, -0.05) is 61.2 Å². The quantitative estimate of drug-likeness (QED) is 0.387. The monoisotopic (exact) mass is 500 g/mol. The SMILES string of the molecule is Br.C=CC(C)=O.CC(=O)C=Cc1ccccc1.Ic1ccccc1. The normalized spacial score (nSPS) is 8.62. The maximum atomic E-state index is 10.5. The summed E-state index contributed by atoms with van der Waals surface area (Å²) in [6, 6.07) is 20.0. The summed E-state index contributed by atoms with van der Waals surface area (Å²) in [7, 11) is 0. The zero-order valence-corrected chi connectivity index (χ0v) is 17.7. The van der Waals surface area contributed by atoms with Gasteiger partial charge >= 0.3 is 0 Å². The molecule has 2 aromatic rings. The lowest BCUT2D eigenvalue weighted by atomic mass is 10.2. The maximum Gasteiger partial charge on any atom is 0.152 e. The molecule has 0 fully saturated rings. The van der Waals surface area contributed by atoms with E-state index in [0.717, 1.165) is 5.56 Å². The summed E-state index contributed by atoms with van der Waals surface area (Å²) < 4.78 is 1.29. The van der Waals surface area contributed by atoms with Crippen LogP contribution in [-0.2, 0) is 9.59 Å². The van der Waals surface area contributed by atoms with Gasteiger partial charge < -0.3 is 0 Å². The van der Waals surface area contributed by atoms with Crippen molar-refractivity contribution in [1.82, 2.24) is 0 Å². The fraction of sp³-hybridized carbons (Fsp3) is 0.100. The van der Waals surface area contributed by atoms with Crippen LogP contribution in [-0.4, -0.2) is 11.6 Å². The number of ketones is 2. The molecule has 0 aliphatic carbocycles. The second kappa shape index (κ2) is 16.3. The van der Waals surface area contributed by atoms with Gasteiger partial charge in [-0.05, 0) is 66.3 Å². The Hall–Kier alpha value is -1.53. The highest BCUT2D eigenvalue weighted by molar-refractivity contribution is 14.1. The number of carbonyl (C=O) groups is 2. The number of hydrogen-bond donors (Lipinski definition) is 0. The summed E-state index contributed by atoms with van der Waals surface area (Å²) in [5.74, 6) is 0.0962. The summed E-state index contributed by atoms with van der Waals surface area (Å²) in [5, 5.41) is 0. The Balaban J connectivity index is 0. The molecule has 0 radical (unpaired) electrons. The van der Waals surface area contributed by atoms with Crippen LogP contribution in [0.25, 0.3) is 6.08 Å². The second-order valence-corrected chi connectivity index (χ2v) is 5.71. The van der Waals surface area contributed by atoms with Crippen molar-refractivity contribution in [1.29, 1.82) is 0 Å². The van der Waals surface area contributed by atoms with Gasteiger partial charge in [-0.25, -0.2) is 0 Å². The average Bonchev–Trinajstić information content (AvgIpc) is 2.56. The van der Waals surface area contributed by atoms with Gasteiger partial charge in [0.25, 0.3) is 0 Å². The van der Waals surface area contributed by atoms with Crippen molar-refractivity contribution in [3.63, 3.8) is 0 Å². The molecule has 0 spiro atoms. The molecule has 2 rings (SSSR count). The van der Waals surface area contributed by atoms with Crippen molar-refractivity contribution in [3.8, 4) is 0 Å². The molecule has 0 saturated carbocycles. The zero-order valence-electron chi connectivity index (χ0n) is 13.8. The third kappa shape index (κ3) is 16.8. The molecule has 0 heterocycles. The highest BCUT2D eigenvalue weighted by atomic mass is 127. The Kier molecular flexibility index (Phi) is 16.8. The average molecular weight is 501 g/mol. The van der Waals surface area contributed by atoms with Crippen LogP contribution in [0, 0.1) is 3.57 Å². The highest BCUT2D eigenvalue weighted by Gasteiger charge is 1.83. The number of carbonyl (C=O) groups excluding carboxylic acids is 2. The Morgan fingerprint density at radius 3 is 1.58 bits per heavy atom. The molecule has 0 saturated heterocycles. The van der Waals surface area contributed by atoms with E-state index in [0.29, 0.717) is 0 Å². The van der Waals surface area contributed by atoms with Crippen molar-refractivity contribution in [2.45, 2.75) is 13.8 Å². The molecule has 0 unspecified atom stereocenters. The standard InChI is InChI=1S/C10H10O.C6H5I.C4H6O.BrH/c1-9(11)7-8-10-5-3-2-4-6-10;7-6-4-2-1-3-5-6;1-3-4(2)5;/h2-8H,1H3;1-5H;3H,1H2,2H3;1H. The highest BCUT2D eigenvalue weighted by Crippen LogP contribution is 2.00. The van der Waals surface area contributed by atoms with Crippen LogP contribution in [0.4, 0.5) is 0 Å². The van der Waals surface area contributed by atoms with Gasteiger partial charge in [0.15, 0.2) is 11.6 Å². The molecule has 0 aliphatic heterocycles. The molecule has 0 aliphatic rings. The minimum Gasteiger partial charge on any atom is -0.295 e. The smallest absolute Gasteiger partial charge is 0.152 e. The van der Waals surface area contributed by atoms with Crippen molar-refractivity contribution >= 4 is 57.2 Å². The van der Waals surface area contributed by atoms with E-state index in [-0.39, 0.29) is 28.5 Å². The first-order valence-electron chi connectivity index (χ1n) is 7.03. The fourth-order valence-electron chi connectivity index (χ4n) is 1.19. The molecule has 0 bridgehead atoms. The van der Waals surface area contributed by atoms with Gasteiger partial charge in [0.05, 0.1) is 0 Å². The van der Waals surface area contributed by atoms with Gasteiger partial charge in [-0.3, -0.25) is 9.59 Å². The lowest BCUT2D eigenvalue weighted by Crippen LogP contribution is -1.79. The van der Waals surface area contributed by atoms with E-state index >= 15 is 0 Å². The van der Waals surface area contributed by atoms with Gasteiger partial charge in [0, 0.05) is 3.57 Å². The van der Waals surface area contributed by atoms with E-state index in [4.69, 9.17) is 0 Å². The molecule has 0 N–H and O–H groups in total. The molecule has 4 heteroatoms. The van der Waals surface area contributed by atoms with Gasteiger partial charge in [0.1, 0.15) is 0 Å². The predicted molar refractivity (Wildman–Crippen MR) is 117 cm³/mol. The Labute approximate surface area is 168 Å². The lowest BCUT2D eigenvalue weighted by molar-refractivity contribution is -0.113. The largest absolute Gasteiger partial charge is 0.295 e. The molecule has 24 heavy (non-hydrogen) atoms. The van der Waals surface area contributed by atoms with Gasteiger partial charge in [-0.2, -0.15) is 0 Å². The van der Waals surface area contributed by atoms with Crippen LogP contribution >= 0.6 is 39.6 Å². The molecule has 2 nitrogen and oxygen atoms in total. The third-order valence-corrected chi connectivity index (χ3v) is 3.05. The van der Waals surface area contributed by atoms with E-state index in [1.54, 1.807) is 13.0 Å². The van der Waals surface area contributed by atoms with Crippen LogP contribution in [0.3, 0.4) is 0 Å². The first-order valence-corrected chi connectivity index (χ1v) is 8.10. The number of rotatable bonds is 3. The fourth-order valence-corrected chi connectivity index (χ4v) is 1.61. The number of hydrogen-bond acceptors (Lipinski definition) is 2. The Bertz CT molecular complexity index is 623. The Morgan fingerprint density at radius 1 is 0.875 bits per heavy atom. The molecule has 0 amide bonds. The summed E-state index contributed by atoms with van der Waals surface area (Å²) in [6.07, 6.45) is 4.65. The number of halogens is 2. The first-order chi connectivity index (χ1) is 11.0. The third-order valence-electron chi connectivity index (χ3n) is 2.33. The van der Waals surface area contributed by atoms with Crippen LogP contribution < -0.4 is 0 Å². The van der Waals surface area contributed by atoms with Crippen LogP contribution in [0.15, 0.2) is 79.4 Å². The Morgan fingerprint density at radius 2 is 1.29 bits per heavy atom. The van der Waals surface area contributed by atoms with E-state index in [1.807, 2.05) is 54.6 Å². The predicted octanol–water partition coefficient (Wildman–Crippen LogP) is 5.92. The molecule has 0 aromatic heterocycles. The van der Waals surface area contributed by atoms with Crippen molar-refractivity contribution in [2.24, 2.45) is 0 Å². The van der Waals surface area contributed by atoms with E-state index < -0.39 is 0 Å².